The first-order valence-electron chi connectivity index (χ1n) is 4.56. The van der Waals surface area contributed by atoms with Crippen LogP contribution in [0.2, 0.25) is 5.02 Å². The second-order valence-electron chi connectivity index (χ2n) is 3.17. The van der Waals surface area contributed by atoms with Crippen LogP contribution in [0.5, 0.6) is 11.5 Å². The minimum atomic E-state index is 0.619. The van der Waals surface area contributed by atoms with Gasteiger partial charge in [-0.15, -0.1) is 0 Å². The van der Waals surface area contributed by atoms with E-state index in [1.54, 1.807) is 14.2 Å². The molecule has 3 heteroatoms. The number of fused-ring (bicyclic) bond motifs is 1. The van der Waals surface area contributed by atoms with Gasteiger partial charge in [-0.3, -0.25) is 0 Å². The zero-order chi connectivity index (χ0) is 10.8. The Bertz CT molecular complexity index is 489. The van der Waals surface area contributed by atoms with Gasteiger partial charge >= 0.3 is 0 Å². The lowest BCUT2D eigenvalue weighted by Crippen LogP contribution is -1.86. The van der Waals surface area contributed by atoms with Crippen molar-refractivity contribution in [2.24, 2.45) is 0 Å². The zero-order valence-electron chi connectivity index (χ0n) is 8.58. The fourth-order valence-electron chi connectivity index (χ4n) is 1.53. The molecular weight excluding hydrogens is 212 g/mol. The molecule has 0 atom stereocenters. The van der Waals surface area contributed by atoms with Gasteiger partial charge in [-0.05, 0) is 23.6 Å². The molecule has 2 aromatic rings. The molecule has 0 aliphatic heterocycles. The zero-order valence-corrected chi connectivity index (χ0v) is 9.34. The van der Waals surface area contributed by atoms with Crippen molar-refractivity contribution in [2.75, 3.05) is 14.2 Å². The Balaban J connectivity index is 2.72. The summed E-state index contributed by atoms with van der Waals surface area (Å²) in [5.41, 5.74) is 0. The van der Waals surface area contributed by atoms with Crippen LogP contribution in [0.4, 0.5) is 0 Å². The van der Waals surface area contributed by atoms with Gasteiger partial charge in [0, 0.05) is 5.39 Å². The molecule has 0 amide bonds. The Labute approximate surface area is 93.4 Å². The van der Waals surface area contributed by atoms with Gasteiger partial charge in [-0.2, -0.15) is 0 Å². The van der Waals surface area contributed by atoms with E-state index >= 15 is 0 Å². The summed E-state index contributed by atoms with van der Waals surface area (Å²) in [4.78, 5) is 0. The van der Waals surface area contributed by atoms with Crippen molar-refractivity contribution in [3.63, 3.8) is 0 Å². The van der Waals surface area contributed by atoms with Crippen LogP contribution in [-0.2, 0) is 0 Å². The van der Waals surface area contributed by atoms with E-state index < -0.39 is 0 Å². The maximum Gasteiger partial charge on any atom is 0.138 e. The van der Waals surface area contributed by atoms with Crippen molar-refractivity contribution >= 4 is 22.4 Å². The molecule has 2 rings (SSSR count). The second kappa shape index (κ2) is 3.99. The van der Waals surface area contributed by atoms with E-state index in [1.165, 1.54) is 0 Å². The van der Waals surface area contributed by atoms with Gasteiger partial charge in [-0.1, -0.05) is 23.7 Å². The molecular formula is C12H11ClO2. The van der Waals surface area contributed by atoms with Crippen molar-refractivity contribution in [1.82, 2.24) is 0 Å². The summed E-state index contributed by atoms with van der Waals surface area (Å²) in [5.74, 6) is 1.47. The maximum absolute atomic E-state index is 6.19. The van der Waals surface area contributed by atoms with Crippen LogP contribution >= 0.6 is 11.6 Å². The minimum absolute atomic E-state index is 0.619. The normalized spacial score (nSPS) is 10.3. The topological polar surface area (TPSA) is 18.5 Å². The SMILES string of the molecule is COc1ccc2ccc(OC)c(Cl)c2c1. The molecule has 2 nitrogen and oxygen atoms in total. The van der Waals surface area contributed by atoms with Gasteiger partial charge in [0.1, 0.15) is 11.5 Å². The highest BCUT2D eigenvalue weighted by Gasteiger charge is 2.06. The van der Waals surface area contributed by atoms with Crippen LogP contribution in [0.1, 0.15) is 0 Å². The van der Waals surface area contributed by atoms with E-state index in [0.717, 1.165) is 16.5 Å². The summed E-state index contributed by atoms with van der Waals surface area (Å²) in [6, 6.07) is 9.61. The molecule has 0 unspecified atom stereocenters. The molecule has 0 saturated carbocycles. The van der Waals surface area contributed by atoms with Crippen molar-refractivity contribution in [2.45, 2.75) is 0 Å². The molecule has 0 aliphatic rings. The van der Waals surface area contributed by atoms with E-state index in [4.69, 9.17) is 21.1 Å². The Morgan fingerprint density at radius 1 is 1.00 bits per heavy atom. The molecule has 0 radical (unpaired) electrons. The highest BCUT2D eigenvalue weighted by Crippen LogP contribution is 2.34. The lowest BCUT2D eigenvalue weighted by Gasteiger charge is -2.07. The maximum atomic E-state index is 6.19. The predicted octanol–water partition coefficient (Wildman–Crippen LogP) is 3.51. The van der Waals surface area contributed by atoms with Crippen molar-refractivity contribution in [3.8, 4) is 11.5 Å². The number of hydrogen-bond acceptors (Lipinski definition) is 2. The Morgan fingerprint density at radius 2 is 1.73 bits per heavy atom. The molecule has 78 valence electrons. The van der Waals surface area contributed by atoms with E-state index in [9.17, 15) is 0 Å². The number of hydrogen-bond donors (Lipinski definition) is 0. The summed E-state index contributed by atoms with van der Waals surface area (Å²) in [5, 5.41) is 2.63. The van der Waals surface area contributed by atoms with Gasteiger partial charge in [-0.25, -0.2) is 0 Å². The fraction of sp³-hybridized carbons (Fsp3) is 0.167. The number of halogens is 1. The summed E-state index contributed by atoms with van der Waals surface area (Å²) in [6.45, 7) is 0. The number of benzene rings is 2. The lowest BCUT2D eigenvalue weighted by atomic mass is 10.1. The Hall–Kier alpha value is -1.41. The largest absolute Gasteiger partial charge is 0.497 e. The number of rotatable bonds is 2. The molecule has 0 aliphatic carbocycles. The average Bonchev–Trinajstić information content (AvgIpc) is 2.29. The van der Waals surface area contributed by atoms with E-state index in [0.29, 0.717) is 10.8 Å². The highest BCUT2D eigenvalue weighted by atomic mass is 35.5. The highest BCUT2D eigenvalue weighted by molar-refractivity contribution is 6.37. The van der Waals surface area contributed by atoms with Crippen LogP contribution in [0, 0.1) is 0 Å². The monoisotopic (exact) mass is 222 g/mol. The first-order chi connectivity index (χ1) is 7.26. The standard InChI is InChI=1S/C12H11ClO2/c1-14-9-5-3-8-4-6-11(15-2)12(13)10(8)7-9/h3-7H,1-2H3. The summed E-state index contributed by atoms with van der Waals surface area (Å²) in [6.07, 6.45) is 0. The minimum Gasteiger partial charge on any atom is -0.497 e. The molecule has 0 aromatic heterocycles. The van der Waals surface area contributed by atoms with Crippen molar-refractivity contribution in [3.05, 3.63) is 35.4 Å². The van der Waals surface area contributed by atoms with Crippen LogP contribution in [0.15, 0.2) is 30.3 Å². The summed E-state index contributed by atoms with van der Waals surface area (Å²) in [7, 11) is 3.24. The van der Waals surface area contributed by atoms with E-state index in [-0.39, 0.29) is 0 Å². The van der Waals surface area contributed by atoms with Crippen LogP contribution in [0.3, 0.4) is 0 Å². The first-order valence-corrected chi connectivity index (χ1v) is 4.94. The number of methoxy groups -OCH3 is 2. The third-order valence-electron chi connectivity index (χ3n) is 2.35. The quantitative estimate of drug-likeness (QED) is 0.774. The van der Waals surface area contributed by atoms with Gasteiger partial charge in [0.2, 0.25) is 0 Å². The van der Waals surface area contributed by atoms with Gasteiger partial charge in [0.05, 0.1) is 19.2 Å². The molecule has 2 aromatic carbocycles. The molecule has 0 spiro atoms. The molecule has 0 saturated heterocycles. The van der Waals surface area contributed by atoms with Crippen LogP contribution < -0.4 is 9.47 Å². The number of ether oxygens (including phenoxy) is 2. The third kappa shape index (κ3) is 1.73. The summed E-state index contributed by atoms with van der Waals surface area (Å²) < 4.78 is 10.3. The van der Waals surface area contributed by atoms with Gasteiger partial charge in [0.25, 0.3) is 0 Å². The van der Waals surface area contributed by atoms with E-state index in [1.807, 2.05) is 30.3 Å². The molecule has 15 heavy (non-hydrogen) atoms. The van der Waals surface area contributed by atoms with Crippen molar-refractivity contribution in [1.29, 1.82) is 0 Å². The van der Waals surface area contributed by atoms with Gasteiger partial charge in [0.15, 0.2) is 0 Å². The van der Waals surface area contributed by atoms with Crippen LogP contribution in [-0.4, -0.2) is 14.2 Å². The molecule has 0 bridgehead atoms. The van der Waals surface area contributed by atoms with Crippen molar-refractivity contribution < 1.29 is 9.47 Å². The summed E-state index contributed by atoms with van der Waals surface area (Å²) >= 11 is 6.19. The molecule has 0 fully saturated rings. The molecule has 0 N–H and O–H groups in total. The first kappa shape index (κ1) is 10.1. The second-order valence-corrected chi connectivity index (χ2v) is 3.55. The van der Waals surface area contributed by atoms with Crippen LogP contribution in [0.25, 0.3) is 10.8 Å². The van der Waals surface area contributed by atoms with Gasteiger partial charge < -0.3 is 9.47 Å². The third-order valence-corrected chi connectivity index (χ3v) is 2.74. The fourth-order valence-corrected chi connectivity index (χ4v) is 1.83. The molecule has 0 heterocycles. The predicted molar refractivity (Wildman–Crippen MR) is 62.1 cm³/mol. The Kier molecular flexibility index (Phi) is 2.69. The average molecular weight is 223 g/mol. The van der Waals surface area contributed by atoms with E-state index in [2.05, 4.69) is 0 Å². The lowest BCUT2D eigenvalue weighted by molar-refractivity contribution is 0.414. The Morgan fingerprint density at radius 3 is 2.40 bits per heavy atom. The smallest absolute Gasteiger partial charge is 0.138 e.